The molecule has 0 amide bonds. The van der Waals surface area contributed by atoms with Crippen molar-refractivity contribution >= 4 is 16.9 Å². The maximum absolute atomic E-state index is 12.5. The van der Waals surface area contributed by atoms with Crippen molar-refractivity contribution in [1.29, 1.82) is 0 Å². The van der Waals surface area contributed by atoms with Crippen LogP contribution in [0.4, 0.5) is 0 Å². The van der Waals surface area contributed by atoms with Crippen LogP contribution < -0.4 is 9.47 Å². The van der Waals surface area contributed by atoms with Crippen LogP contribution >= 0.6 is 0 Å². The number of rotatable bonds is 3. The molecule has 1 aromatic heterocycles. The molecule has 0 saturated heterocycles. The highest BCUT2D eigenvalue weighted by Gasteiger charge is 2.42. The summed E-state index contributed by atoms with van der Waals surface area (Å²) in [5, 5.41) is 5.49. The lowest BCUT2D eigenvalue weighted by Crippen LogP contribution is -2.46. The van der Waals surface area contributed by atoms with Gasteiger partial charge in [0.05, 0.1) is 12.4 Å². The van der Waals surface area contributed by atoms with E-state index in [1.165, 1.54) is 12.1 Å². The number of H-pyrrole nitrogens is 1. The highest BCUT2D eigenvalue weighted by Crippen LogP contribution is 2.43. The Balaban J connectivity index is 1.73. The second kappa shape index (κ2) is 6.26. The molecule has 0 bridgehead atoms. The smallest absolute Gasteiger partial charge is 0.330 e. The van der Waals surface area contributed by atoms with Crippen molar-refractivity contribution in [2.75, 3.05) is 13.9 Å². The van der Waals surface area contributed by atoms with Gasteiger partial charge < -0.3 is 19.2 Å². The number of nitroso groups, excluding NO2 is 1. The van der Waals surface area contributed by atoms with Gasteiger partial charge in [-0.15, -0.1) is 4.91 Å². The zero-order valence-corrected chi connectivity index (χ0v) is 15.0. The van der Waals surface area contributed by atoms with Crippen LogP contribution in [0.15, 0.2) is 47.8 Å². The third kappa shape index (κ3) is 2.34. The van der Waals surface area contributed by atoms with E-state index in [0.717, 1.165) is 27.7 Å². The van der Waals surface area contributed by atoms with E-state index in [1.54, 1.807) is 6.07 Å². The predicted octanol–water partition coefficient (Wildman–Crippen LogP) is 3.07. The first-order valence-electron chi connectivity index (χ1n) is 8.89. The Hall–Kier alpha value is -3.55. The second-order valence-corrected chi connectivity index (χ2v) is 6.78. The van der Waals surface area contributed by atoms with Gasteiger partial charge in [-0.1, -0.05) is 24.3 Å². The lowest BCUT2D eigenvalue weighted by atomic mass is 9.89. The molecule has 0 fully saturated rings. The summed E-state index contributed by atoms with van der Waals surface area (Å²) in [5.74, 6) is 0.744. The van der Waals surface area contributed by atoms with E-state index in [4.69, 9.17) is 14.2 Å². The number of carbonyl (C=O) groups excluding carboxylic acids is 1. The monoisotopic (exact) mass is 379 g/mol. The summed E-state index contributed by atoms with van der Waals surface area (Å²) in [5.41, 5.74) is 3.52. The highest BCUT2D eigenvalue weighted by molar-refractivity contribution is 5.87. The number of aromatic nitrogens is 1. The summed E-state index contributed by atoms with van der Waals surface area (Å²) in [4.78, 5) is 27.7. The zero-order chi connectivity index (χ0) is 19.3. The van der Waals surface area contributed by atoms with Crippen LogP contribution in [0, 0.1) is 4.91 Å². The first-order valence-corrected chi connectivity index (χ1v) is 8.89. The van der Waals surface area contributed by atoms with E-state index < -0.39 is 18.1 Å². The summed E-state index contributed by atoms with van der Waals surface area (Å²) >= 11 is 0. The molecule has 28 heavy (non-hydrogen) atoms. The minimum atomic E-state index is -0.815. The Morgan fingerprint density at radius 3 is 2.86 bits per heavy atom. The first kappa shape index (κ1) is 16.6. The highest BCUT2D eigenvalue weighted by atomic mass is 16.7. The third-order valence-electron chi connectivity index (χ3n) is 5.38. The predicted molar refractivity (Wildman–Crippen MR) is 99.8 cm³/mol. The average molecular weight is 379 g/mol. The van der Waals surface area contributed by atoms with Gasteiger partial charge in [0.15, 0.2) is 17.5 Å². The van der Waals surface area contributed by atoms with Gasteiger partial charge in [-0.2, -0.15) is 0 Å². The van der Waals surface area contributed by atoms with E-state index in [0.29, 0.717) is 17.9 Å². The second-order valence-electron chi connectivity index (χ2n) is 6.78. The number of nitrogens with zero attached hydrogens (tertiary/aromatic N) is 2. The topological polar surface area (TPSA) is 93.2 Å². The molecule has 0 unspecified atom stereocenters. The molecule has 2 atom stereocenters. The Morgan fingerprint density at radius 1 is 1.21 bits per heavy atom. The van der Waals surface area contributed by atoms with Gasteiger partial charge in [-0.05, 0) is 29.3 Å². The first-order chi connectivity index (χ1) is 13.7. The Morgan fingerprint density at radius 2 is 2.04 bits per heavy atom. The van der Waals surface area contributed by atoms with Gasteiger partial charge in [0, 0.05) is 23.0 Å². The van der Waals surface area contributed by atoms with Crippen LogP contribution in [0.1, 0.15) is 22.9 Å². The number of para-hydroxylation sites is 1. The molecule has 2 aliphatic rings. The molecule has 0 spiro atoms. The molecular weight excluding hydrogens is 362 g/mol. The van der Waals surface area contributed by atoms with E-state index in [1.807, 2.05) is 36.4 Å². The number of benzene rings is 2. The molecule has 0 radical (unpaired) electrons. The third-order valence-corrected chi connectivity index (χ3v) is 5.38. The normalized spacial score (nSPS) is 20.1. The molecule has 1 N–H and O–H groups in total. The summed E-state index contributed by atoms with van der Waals surface area (Å²) in [6.07, 6.45) is 0.332. The number of aromatic amines is 1. The van der Waals surface area contributed by atoms with Crippen molar-refractivity contribution in [2.45, 2.75) is 18.5 Å². The van der Waals surface area contributed by atoms with Crippen molar-refractivity contribution in [3.63, 3.8) is 0 Å². The van der Waals surface area contributed by atoms with Crippen molar-refractivity contribution in [3.8, 4) is 11.5 Å². The number of carbonyl (C=O) groups is 1. The molecular formula is C20H17N3O5. The van der Waals surface area contributed by atoms with Crippen LogP contribution in [0.3, 0.4) is 0 Å². The molecule has 0 saturated carbocycles. The van der Waals surface area contributed by atoms with E-state index in [2.05, 4.69) is 10.3 Å². The van der Waals surface area contributed by atoms with Gasteiger partial charge in [-0.25, -0.2) is 9.80 Å². The van der Waals surface area contributed by atoms with Crippen molar-refractivity contribution < 1.29 is 19.0 Å². The number of esters is 1. The number of hydrogen-bond acceptors (Lipinski definition) is 6. The zero-order valence-electron chi connectivity index (χ0n) is 15.0. The fourth-order valence-corrected chi connectivity index (χ4v) is 4.11. The fraction of sp³-hybridized carbons (Fsp3) is 0.250. The number of hydrogen-bond donors (Lipinski definition) is 1. The van der Waals surface area contributed by atoms with E-state index in [-0.39, 0.29) is 6.79 Å². The molecule has 3 heterocycles. The van der Waals surface area contributed by atoms with Gasteiger partial charge in [0.1, 0.15) is 6.04 Å². The van der Waals surface area contributed by atoms with E-state index >= 15 is 0 Å². The molecule has 8 nitrogen and oxygen atoms in total. The van der Waals surface area contributed by atoms with Crippen LogP contribution in [-0.4, -0.2) is 35.9 Å². The van der Waals surface area contributed by atoms with Gasteiger partial charge in [-0.3, -0.25) is 0 Å². The number of fused-ring (bicyclic) bond motifs is 4. The van der Waals surface area contributed by atoms with Crippen molar-refractivity contribution in [3.05, 3.63) is 64.2 Å². The minimum Gasteiger partial charge on any atom is -0.467 e. The van der Waals surface area contributed by atoms with Gasteiger partial charge in [0.25, 0.3) is 0 Å². The van der Waals surface area contributed by atoms with E-state index in [9.17, 15) is 9.70 Å². The van der Waals surface area contributed by atoms with Gasteiger partial charge >= 0.3 is 5.97 Å². The number of ether oxygens (including phenoxy) is 3. The lowest BCUT2D eigenvalue weighted by Gasteiger charge is -2.36. The van der Waals surface area contributed by atoms with Crippen molar-refractivity contribution in [2.24, 2.45) is 5.29 Å². The standard InChI is InChI=1S/C20H17N3O5/c1-26-20(24)15-9-13-12-4-2-3-5-14(12)21-18(13)19(23(15)22-25)11-6-7-16-17(8-11)28-10-27-16/h2-8,15,19,21H,9-10H2,1H3/t15-,19-/m0/s1. The van der Waals surface area contributed by atoms with Crippen LogP contribution in [-0.2, 0) is 16.0 Å². The maximum Gasteiger partial charge on any atom is 0.330 e. The molecule has 2 aliphatic heterocycles. The molecule has 8 heteroatoms. The molecule has 142 valence electrons. The summed E-state index contributed by atoms with van der Waals surface area (Å²) < 4.78 is 15.8. The van der Waals surface area contributed by atoms with Crippen molar-refractivity contribution in [1.82, 2.24) is 9.99 Å². The van der Waals surface area contributed by atoms with Gasteiger partial charge in [0.2, 0.25) is 6.79 Å². The average Bonchev–Trinajstić information content (AvgIpc) is 3.35. The SMILES string of the molecule is COC(=O)[C@@H]1Cc2c([nH]c3ccccc23)[C@H](c2ccc3c(c2)OCO3)N1N=O. The Labute approximate surface area is 159 Å². The maximum atomic E-state index is 12.5. The Kier molecular flexibility index (Phi) is 3.71. The number of nitrogens with one attached hydrogen (secondary N) is 1. The molecule has 0 aliphatic carbocycles. The lowest BCUT2D eigenvalue weighted by molar-refractivity contribution is -0.148. The Bertz CT molecular complexity index is 1090. The fourth-order valence-electron chi connectivity index (χ4n) is 4.11. The number of methoxy groups -OCH3 is 1. The molecule has 3 aromatic rings. The summed E-state index contributed by atoms with van der Waals surface area (Å²) in [7, 11) is 1.31. The summed E-state index contributed by atoms with van der Waals surface area (Å²) in [6, 6.07) is 11.9. The van der Waals surface area contributed by atoms with Crippen LogP contribution in [0.25, 0.3) is 10.9 Å². The summed E-state index contributed by atoms with van der Waals surface area (Å²) in [6.45, 7) is 0.154. The minimum absolute atomic E-state index is 0.154. The molecule has 5 rings (SSSR count). The largest absolute Gasteiger partial charge is 0.467 e. The van der Waals surface area contributed by atoms with Crippen LogP contribution in [0.2, 0.25) is 0 Å². The van der Waals surface area contributed by atoms with Crippen LogP contribution in [0.5, 0.6) is 11.5 Å². The quantitative estimate of drug-likeness (QED) is 0.555. The molecule has 2 aromatic carbocycles.